The lowest BCUT2D eigenvalue weighted by atomic mass is 9.99. The van der Waals surface area contributed by atoms with Crippen LogP contribution in [0.1, 0.15) is 58.2 Å². The Kier molecular flexibility index (Phi) is 8.44. The number of imidazole rings is 1. The van der Waals surface area contributed by atoms with Gasteiger partial charge in [0, 0.05) is 91.0 Å². The Labute approximate surface area is 325 Å². The van der Waals surface area contributed by atoms with Crippen LogP contribution in [0.3, 0.4) is 0 Å². The van der Waals surface area contributed by atoms with E-state index in [0.29, 0.717) is 41.4 Å². The summed E-state index contributed by atoms with van der Waals surface area (Å²) in [6.07, 6.45) is 6.36. The van der Waals surface area contributed by atoms with Gasteiger partial charge in [0.15, 0.2) is 11.2 Å². The number of piperazine rings is 1. The maximum absolute atomic E-state index is 15.9. The minimum absolute atomic E-state index is 0.0399. The van der Waals surface area contributed by atoms with Crippen LogP contribution in [0.25, 0.3) is 11.1 Å². The predicted octanol–water partition coefficient (Wildman–Crippen LogP) is 5.34. The predicted molar refractivity (Wildman–Crippen MR) is 208 cm³/mol. The molecule has 10 rings (SSSR count). The van der Waals surface area contributed by atoms with Crippen molar-refractivity contribution in [2.75, 3.05) is 34.8 Å². The number of urea groups is 1. The molecule has 3 atom stereocenters. The van der Waals surface area contributed by atoms with E-state index in [1.165, 1.54) is 27.9 Å². The molecule has 2 aromatic heterocycles. The van der Waals surface area contributed by atoms with Gasteiger partial charge in [-0.1, -0.05) is 24.3 Å². The summed E-state index contributed by atoms with van der Waals surface area (Å²) >= 11 is 1.29. The van der Waals surface area contributed by atoms with Crippen LogP contribution in [0, 0.1) is 5.82 Å². The van der Waals surface area contributed by atoms with Crippen molar-refractivity contribution in [1.29, 1.82) is 0 Å². The van der Waals surface area contributed by atoms with E-state index in [-0.39, 0.29) is 29.6 Å². The standard InChI is InChI=1S/C41H38FN9O4S/c42-33-17-26(16-31-32(33)22-51(39(31)54)37(38(53)46-40-43-12-15-56-40)36-34-2-1-13-47(34)23-44-36)25-5-9-28(10-6-25)50-21-29-18-30(50)20-48(29)19-24-3-7-27(8-4-24)49-14-11-35(52)45-41(49)55/h3-10,12,15-17,23,29-30,37H,1-2,11,13-14,18-22H2,(H,43,46,53)(H,45,52,55)/t29-,30-,37?/m0/s1. The number of amides is 5. The number of hydrogen-bond acceptors (Lipinski definition) is 9. The summed E-state index contributed by atoms with van der Waals surface area (Å²) in [4.78, 5) is 68.5. The lowest BCUT2D eigenvalue weighted by Gasteiger charge is -2.35. The number of nitrogens with one attached hydrogen (secondary N) is 2. The molecule has 2 N–H and O–H groups in total. The number of thiazole rings is 1. The quantitative estimate of drug-likeness (QED) is 0.205. The Morgan fingerprint density at radius 3 is 2.52 bits per heavy atom. The smallest absolute Gasteiger partial charge is 0.328 e. The molecule has 0 radical (unpaired) electrons. The Balaban J connectivity index is 0.820. The molecule has 3 saturated heterocycles. The number of carbonyl (C=O) groups excluding carboxylic acids is 4. The monoisotopic (exact) mass is 771 g/mol. The van der Waals surface area contributed by atoms with Gasteiger partial charge in [-0.15, -0.1) is 11.3 Å². The summed E-state index contributed by atoms with van der Waals surface area (Å²) in [6.45, 7) is 3.80. The number of likely N-dealkylation sites (tertiary alicyclic amines) is 1. The van der Waals surface area contributed by atoms with Gasteiger partial charge in [0.1, 0.15) is 5.82 Å². The number of hydrogen-bond donors (Lipinski definition) is 2. The number of imide groups is 1. The zero-order valence-electron chi connectivity index (χ0n) is 30.4. The van der Waals surface area contributed by atoms with Crippen molar-refractivity contribution in [3.63, 3.8) is 0 Å². The fourth-order valence-electron chi connectivity index (χ4n) is 9.10. The number of aromatic nitrogens is 3. The summed E-state index contributed by atoms with van der Waals surface area (Å²) in [5.41, 5.74) is 6.44. The molecule has 284 valence electrons. The first-order valence-electron chi connectivity index (χ1n) is 19.0. The SMILES string of the molecule is O=C1CCN(c2ccc(CN3C[C@@H]4C[C@H]3CN4c3ccc(-c4cc(F)c5c(c4)C(=O)N(C(C(=O)Nc4nccs4)c4ncn6c4CCC6)C5)cc3)cc2)C(=O)N1. The van der Waals surface area contributed by atoms with Crippen molar-refractivity contribution in [2.24, 2.45) is 0 Å². The van der Waals surface area contributed by atoms with E-state index in [2.05, 4.69) is 54.7 Å². The summed E-state index contributed by atoms with van der Waals surface area (Å²) in [6, 6.07) is 18.7. The topological polar surface area (TPSA) is 136 Å². The molecule has 13 nitrogen and oxygen atoms in total. The minimum atomic E-state index is -1.04. The van der Waals surface area contributed by atoms with Crippen LogP contribution in [-0.2, 0) is 35.6 Å². The van der Waals surface area contributed by atoms with Crippen molar-refractivity contribution < 1.29 is 23.6 Å². The molecule has 15 heteroatoms. The molecular formula is C41H38FN9O4S. The summed E-state index contributed by atoms with van der Waals surface area (Å²) in [5, 5.41) is 7.41. The molecule has 3 aromatic carbocycles. The zero-order valence-corrected chi connectivity index (χ0v) is 31.2. The van der Waals surface area contributed by atoms with Crippen molar-refractivity contribution in [3.8, 4) is 11.1 Å². The highest BCUT2D eigenvalue weighted by atomic mass is 32.1. The second-order valence-electron chi connectivity index (χ2n) is 15.1. The van der Waals surface area contributed by atoms with E-state index in [9.17, 15) is 19.2 Å². The minimum Gasteiger partial charge on any atom is -0.366 e. The third kappa shape index (κ3) is 6.01. The molecule has 1 unspecified atom stereocenters. The molecule has 56 heavy (non-hydrogen) atoms. The molecule has 7 heterocycles. The van der Waals surface area contributed by atoms with Crippen molar-refractivity contribution in [1.82, 2.24) is 29.7 Å². The van der Waals surface area contributed by atoms with Crippen LogP contribution in [0.15, 0.2) is 78.6 Å². The second-order valence-corrected chi connectivity index (χ2v) is 16.0. The highest BCUT2D eigenvalue weighted by Gasteiger charge is 2.44. The maximum Gasteiger partial charge on any atom is 0.328 e. The lowest BCUT2D eigenvalue weighted by Crippen LogP contribution is -2.49. The van der Waals surface area contributed by atoms with Gasteiger partial charge in [0.05, 0.1) is 18.6 Å². The average molecular weight is 772 g/mol. The van der Waals surface area contributed by atoms with E-state index in [0.717, 1.165) is 68.1 Å². The molecular weight excluding hydrogens is 734 g/mol. The third-order valence-corrected chi connectivity index (χ3v) is 12.6. The summed E-state index contributed by atoms with van der Waals surface area (Å²) < 4.78 is 17.9. The number of nitrogens with zero attached hydrogens (tertiary/aromatic N) is 7. The lowest BCUT2D eigenvalue weighted by molar-refractivity contribution is -0.121. The number of benzene rings is 3. The van der Waals surface area contributed by atoms with E-state index in [1.807, 2.05) is 28.8 Å². The highest BCUT2D eigenvalue weighted by Crippen LogP contribution is 2.40. The number of aryl methyl sites for hydroxylation is 1. The van der Waals surface area contributed by atoms with Crippen LogP contribution >= 0.6 is 11.3 Å². The first-order chi connectivity index (χ1) is 27.3. The van der Waals surface area contributed by atoms with E-state index >= 15 is 4.39 Å². The maximum atomic E-state index is 15.9. The largest absolute Gasteiger partial charge is 0.366 e. The van der Waals surface area contributed by atoms with Gasteiger partial charge >= 0.3 is 6.03 Å². The fourth-order valence-corrected chi connectivity index (χ4v) is 9.63. The van der Waals surface area contributed by atoms with Gasteiger partial charge in [0.2, 0.25) is 5.91 Å². The van der Waals surface area contributed by atoms with Crippen LogP contribution in [0.2, 0.25) is 0 Å². The van der Waals surface area contributed by atoms with E-state index in [1.54, 1.807) is 28.9 Å². The number of fused-ring (bicyclic) bond motifs is 4. The van der Waals surface area contributed by atoms with Gasteiger partial charge in [-0.05, 0) is 72.4 Å². The highest BCUT2D eigenvalue weighted by molar-refractivity contribution is 7.13. The zero-order chi connectivity index (χ0) is 38.1. The Morgan fingerprint density at radius 1 is 0.946 bits per heavy atom. The van der Waals surface area contributed by atoms with Crippen molar-refractivity contribution in [2.45, 2.75) is 63.4 Å². The van der Waals surface area contributed by atoms with Crippen LogP contribution < -0.4 is 20.4 Å². The Bertz CT molecular complexity index is 2380. The number of carbonyl (C=O) groups is 4. The molecule has 0 aliphatic carbocycles. The molecule has 5 aliphatic heterocycles. The summed E-state index contributed by atoms with van der Waals surface area (Å²) in [7, 11) is 0. The first-order valence-corrected chi connectivity index (χ1v) is 19.8. The second kappa shape index (κ2) is 13.7. The van der Waals surface area contributed by atoms with Gasteiger partial charge in [0.25, 0.3) is 11.8 Å². The van der Waals surface area contributed by atoms with Crippen LogP contribution in [0.5, 0.6) is 0 Å². The van der Waals surface area contributed by atoms with Crippen molar-refractivity contribution >= 4 is 51.6 Å². The normalized spacial score (nSPS) is 20.8. The molecule has 3 fully saturated rings. The van der Waals surface area contributed by atoms with E-state index < -0.39 is 23.7 Å². The third-order valence-electron chi connectivity index (χ3n) is 11.9. The van der Waals surface area contributed by atoms with Gasteiger partial charge in [-0.3, -0.25) is 34.8 Å². The first kappa shape index (κ1) is 34.6. The van der Waals surface area contributed by atoms with Crippen molar-refractivity contribution in [3.05, 3.63) is 112 Å². The van der Waals surface area contributed by atoms with Gasteiger partial charge in [-0.2, -0.15) is 0 Å². The fraction of sp³-hybridized carbons (Fsp3) is 0.317. The molecule has 5 amide bonds. The molecule has 5 aliphatic rings. The average Bonchev–Trinajstić information content (AvgIpc) is 4.06. The number of rotatable bonds is 9. The molecule has 2 bridgehead atoms. The Morgan fingerprint density at radius 2 is 1.77 bits per heavy atom. The number of halogens is 1. The summed E-state index contributed by atoms with van der Waals surface area (Å²) in [5.74, 6) is -1.56. The molecule has 5 aromatic rings. The molecule has 0 saturated carbocycles. The van der Waals surface area contributed by atoms with Crippen LogP contribution in [-0.4, -0.2) is 79.8 Å². The Hall–Kier alpha value is -5.93. The number of anilines is 3. The van der Waals surface area contributed by atoms with Gasteiger partial charge in [-0.25, -0.2) is 19.2 Å². The molecule has 0 spiro atoms. The van der Waals surface area contributed by atoms with Gasteiger partial charge < -0.3 is 14.4 Å². The van der Waals surface area contributed by atoms with E-state index in [4.69, 9.17) is 0 Å². The van der Waals surface area contributed by atoms with Crippen LogP contribution in [0.4, 0.5) is 25.7 Å².